The number of nitrogens with two attached hydrogens (primary N) is 1. The largest absolute Gasteiger partial charge is 0.481 e. The van der Waals surface area contributed by atoms with E-state index in [1.165, 1.54) is 38.5 Å². The lowest BCUT2D eigenvalue weighted by molar-refractivity contribution is -0.140. The molecule has 1 aromatic carbocycles. The third kappa shape index (κ3) is 20.5. The van der Waals surface area contributed by atoms with Crippen molar-refractivity contribution in [2.75, 3.05) is 13.1 Å². The van der Waals surface area contributed by atoms with Crippen molar-refractivity contribution in [2.45, 2.75) is 135 Å². The number of carbonyl (C=O) groups excluding carboxylic acids is 2. The topological polar surface area (TPSA) is 199 Å². The number of unbranched alkanes of at least 4 members (excludes halogenated alkanes) is 13. The van der Waals surface area contributed by atoms with Gasteiger partial charge < -0.3 is 25.5 Å². The number of aliphatic carboxylic acids is 3. The number of hydrogen-bond acceptors (Lipinski definition) is 7. The van der Waals surface area contributed by atoms with Crippen molar-refractivity contribution in [3.05, 3.63) is 35.4 Å². The highest BCUT2D eigenvalue weighted by atomic mass is 16.4. The number of rotatable bonds is 29. The van der Waals surface area contributed by atoms with E-state index in [4.69, 9.17) is 21.2 Å². The molecule has 0 unspecified atom stereocenters. The number of carboxylic acids is 3. The minimum atomic E-state index is -1.01. The Morgan fingerprint density at radius 2 is 1.15 bits per heavy atom. The monoisotopic (exact) mass is 648 g/mol. The predicted molar refractivity (Wildman–Crippen MR) is 176 cm³/mol. The second kappa shape index (κ2) is 25.7. The lowest BCUT2D eigenvalue weighted by Crippen LogP contribution is -2.41. The Morgan fingerprint density at radius 3 is 1.63 bits per heavy atom. The summed E-state index contributed by atoms with van der Waals surface area (Å²) in [5.74, 6) is 2.21. The maximum Gasteiger partial charge on any atom is 0.322 e. The predicted octanol–water partition coefficient (Wildman–Crippen LogP) is 5.24. The third-order valence-corrected chi connectivity index (χ3v) is 8.02. The second-order valence-corrected chi connectivity index (χ2v) is 12.0. The molecule has 0 aromatic heterocycles. The van der Waals surface area contributed by atoms with Crippen molar-refractivity contribution in [2.24, 2.45) is 5.84 Å². The SMILES string of the molecule is NN[C@@H](CCCCNC(=O)c1ccc(CN(CCC(=O)O)C(=O)CCCCCCCCCCCCCCCC(=O)O)cc1)C(=O)O. The molecular formula is C34H56N4O8. The lowest BCUT2D eigenvalue weighted by atomic mass is 10.0. The van der Waals surface area contributed by atoms with E-state index in [9.17, 15) is 24.0 Å². The Balaban J connectivity index is 2.30. The van der Waals surface area contributed by atoms with Crippen LogP contribution in [-0.4, -0.2) is 69.1 Å². The van der Waals surface area contributed by atoms with Crippen molar-refractivity contribution in [3.8, 4) is 0 Å². The van der Waals surface area contributed by atoms with Gasteiger partial charge in [-0.25, -0.2) is 5.43 Å². The highest BCUT2D eigenvalue weighted by molar-refractivity contribution is 5.94. The molecule has 0 fully saturated rings. The molecule has 12 nitrogen and oxygen atoms in total. The van der Waals surface area contributed by atoms with E-state index in [0.29, 0.717) is 37.8 Å². The Hall–Kier alpha value is -3.51. The van der Waals surface area contributed by atoms with Crippen LogP contribution in [0.2, 0.25) is 0 Å². The third-order valence-electron chi connectivity index (χ3n) is 8.02. The molecule has 46 heavy (non-hydrogen) atoms. The second-order valence-electron chi connectivity index (χ2n) is 12.0. The first-order chi connectivity index (χ1) is 22.1. The van der Waals surface area contributed by atoms with Crippen LogP contribution >= 0.6 is 0 Å². The summed E-state index contributed by atoms with van der Waals surface area (Å²) in [5, 5.41) is 29.6. The van der Waals surface area contributed by atoms with Gasteiger partial charge in [0.25, 0.3) is 5.91 Å². The number of hydrogen-bond donors (Lipinski definition) is 6. The zero-order valence-electron chi connectivity index (χ0n) is 27.4. The van der Waals surface area contributed by atoms with E-state index < -0.39 is 23.9 Å². The first-order valence-corrected chi connectivity index (χ1v) is 16.9. The van der Waals surface area contributed by atoms with E-state index in [0.717, 1.165) is 50.5 Å². The van der Waals surface area contributed by atoms with Gasteiger partial charge in [0.2, 0.25) is 5.91 Å². The summed E-state index contributed by atoms with van der Waals surface area (Å²) in [4.78, 5) is 59.7. The van der Waals surface area contributed by atoms with Crippen molar-refractivity contribution in [1.82, 2.24) is 15.6 Å². The summed E-state index contributed by atoms with van der Waals surface area (Å²) in [6.07, 6.45) is 16.1. The van der Waals surface area contributed by atoms with Crippen LogP contribution in [0.1, 0.15) is 138 Å². The standard InChI is InChI=1S/C34H56N4O8/c35-37-29(34(45)46)16-14-15-24-36-33(44)28-21-19-27(20-22-28)26-38(25-23-32(42)43)30(39)17-12-10-8-6-4-2-1-3-5-7-9-11-13-18-31(40)41/h19-22,29,37H,1-18,23-26,35H2,(H,36,44)(H,40,41)(H,42,43)(H,45,46)/t29-/m0/s1. The zero-order valence-corrected chi connectivity index (χ0v) is 27.4. The molecule has 7 N–H and O–H groups in total. The van der Waals surface area contributed by atoms with Crippen molar-refractivity contribution in [3.63, 3.8) is 0 Å². The molecule has 0 spiro atoms. The molecule has 1 atom stereocenters. The number of amides is 2. The van der Waals surface area contributed by atoms with Gasteiger partial charge in [0, 0.05) is 38.0 Å². The maximum atomic E-state index is 13.0. The van der Waals surface area contributed by atoms with Gasteiger partial charge in [-0.05, 0) is 49.8 Å². The van der Waals surface area contributed by atoms with Crippen LogP contribution in [-0.2, 0) is 25.7 Å². The molecule has 2 amide bonds. The van der Waals surface area contributed by atoms with E-state index in [-0.39, 0.29) is 37.7 Å². The zero-order chi connectivity index (χ0) is 34.0. The number of hydrazine groups is 1. The van der Waals surface area contributed by atoms with Crippen LogP contribution in [0.25, 0.3) is 0 Å². The quantitative estimate of drug-likeness (QED) is 0.0379. The highest BCUT2D eigenvalue weighted by Crippen LogP contribution is 2.15. The Kier molecular flexibility index (Phi) is 22.6. The van der Waals surface area contributed by atoms with Crippen LogP contribution in [0.4, 0.5) is 0 Å². The number of nitrogens with one attached hydrogen (secondary N) is 2. The van der Waals surface area contributed by atoms with Gasteiger partial charge in [-0.1, -0.05) is 82.8 Å². The summed E-state index contributed by atoms with van der Waals surface area (Å²) < 4.78 is 0. The van der Waals surface area contributed by atoms with Crippen LogP contribution in [0.5, 0.6) is 0 Å². The number of benzene rings is 1. The molecule has 0 bridgehead atoms. The average Bonchev–Trinajstić information content (AvgIpc) is 3.02. The lowest BCUT2D eigenvalue weighted by Gasteiger charge is -2.22. The van der Waals surface area contributed by atoms with E-state index >= 15 is 0 Å². The fraction of sp³-hybridized carbons (Fsp3) is 0.676. The van der Waals surface area contributed by atoms with Gasteiger partial charge in [-0.3, -0.25) is 29.8 Å². The fourth-order valence-electron chi connectivity index (χ4n) is 5.22. The van der Waals surface area contributed by atoms with Crippen LogP contribution < -0.4 is 16.6 Å². The normalized spacial score (nSPS) is 11.6. The van der Waals surface area contributed by atoms with Gasteiger partial charge in [0.05, 0.1) is 6.42 Å². The van der Waals surface area contributed by atoms with Crippen molar-refractivity contribution < 1.29 is 39.3 Å². The van der Waals surface area contributed by atoms with Crippen LogP contribution in [0.15, 0.2) is 24.3 Å². The molecule has 0 aliphatic rings. The van der Waals surface area contributed by atoms with E-state index in [1.54, 1.807) is 29.2 Å². The minimum absolute atomic E-state index is 0.0685. The Bertz CT molecular complexity index is 1030. The number of carboxylic acid groups (broad SMARTS) is 3. The van der Waals surface area contributed by atoms with Gasteiger partial charge in [-0.15, -0.1) is 0 Å². The molecule has 0 saturated carbocycles. The first kappa shape index (κ1) is 40.5. The molecule has 1 aromatic rings. The summed E-state index contributed by atoms with van der Waals surface area (Å²) in [6, 6.07) is 6.07. The summed E-state index contributed by atoms with van der Waals surface area (Å²) in [5.41, 5.74) is 3.52. The number of carbonyl (C=O) groups is 5. The number of nitrogens with zero attached hydrogens (tertiary/aromatic N) is 1. The molecule has 1 rings (SSSR count). The summed E-state index contributed by atoms with van der Waals surface area (Å²) in [7, 11) is 0. The van der Waals surface area contributed by atoms with Gasteiger partial charge >= 0.3 is 17.9 Å². The molecule has 0 radical (unpaired) electrons. The molecule has 0 aliphatic heterocycles. The average molecular weight is 649 g/mol. The van der Waals surface area contributed by atoms with Gasteiger partial charge in [-0.2, -0.15) is 0 Å². The van der Waals surface area contributed by atoms with Crippen molar-refractivity contribution >= 4 is 29.7 Å². The van der Waals surface area contributed by atoms with Gasteiger partial charge in [0.15, 0.2) is 0 Å². The highest BCUT2D eigenvalue weighted by Gasteiger charge is 2.16. The van der Waals surface area contributed by atoms with Crippen LogP contribution in [0.3, 0.4) is 0 Å². The molecule has 0 aliphatic carbocycles. The van der Waals surface area contributed by atoms with E-state index in [2.05, 4.69) is 10.7 Å². The Labute approximate surface area is 273 Å². The molecule has 260 valence electrons. The van der Waals surface area contributed by atoms with Crippen molar-refractivity contribution in [1.29, 1.82) is 0 Å². The first-order valence-electron chi connectivity index (χ1n) is 16.9. The maximum absolute atomic E-state index is 13.0. The van der Waals surface area contributed by atoms with Crippen LogP contribution in [0, 0.1) is 0 Å². The van der Waals surface area contributed by atoms with Gasteiger partial charge in [0.1, 0.15) is 6.04 Å². The minimum Gasteiger partial charge on any atom is -0.481 e. The molecular weight excluding hydrogens is 592 g/mol. The fourth-order valence-corrected chi connectivity index (χ4v) is 5.22. The smallest absolute Gasteiger partial charge is 0.322 e. The summed E-state index contributed by atoms with van der Waals surface area (Å²) >= 11 is 0. The molecule has 12 heteroatoms. The van der Waals surface area contributed by atoms with E-state index in [1.807, 2.05) is 0 Å². The summed E-state index contributed by atoms with van der Waals surface area (Å²) in [6.45, 7) is 0.798. The molecule has 0 saturated heterocycles. The Morgan fingerprint density at radius 1 is 0.652 bits per heavy atom. The molecule has 0 heterocycles.